The molecule has 1 atom stereocenters. The van der Waals surface area contributed by atoms with Crippen LogP contribution in [0.5, 0.6) is 5.75 Å². The second-order valence-electron chi connectivity index (χ2n) is 6.27. The Morgan fingerprint density at radius 2 is 2.05 bits per heavy atom. The van der Waals surface area contributed by atoms with Gasteiger partial charge < -0.3 is 14.9 Å². The van der Waals surface area contributed by atoms with Crippen LogP contribution in [0.4, 0.5) is 0 Å². The Labute approximate surface area is 121 Å². The van der Waals surface area contributed by atoms with E-state index in [0.717, 1.165) is 29.7 Å². The zero-order valence-electron chi connectivity index (χ0n) is 12.8. The average molecular weight is 278 g/mol. The molecule has 0 bridgehead atoms. The fraction of sp³-hybridized carbons (Fsp3) is 0.647. The maximum absolute atomic E-state index is 10.1. The highest BCUT2D eigenvalue weighted by atomic mass is 16.5. The predicted octanol–water partition coefficient (Wildman–Crippen LogP) is 2.99. The number of unbranched alkanes of at least 4 members (excludes halogenated alkanes) is 2. The summed E-state index contributed by atoms with van der Waals surface area (Å²) in [7, 11) is 0. The summed E-state index contributed by atoms with van der Waals surface area (Å²) in [5, 5.41) is 19.8. The average Bonchev–Trinajstić information content (AvgIpc) is 2.82. The van der Waals surface area contributed by atoms with Crippen LogP contribution in [0.15, 0.2) is 12.1 Å². The highest BCUT2D eigenvalue weighted by molar-refractivity contribution is 5.49. The van der Waals surface area contributed by atoms with Gasteiger partial charge in [0.2, 0.25) is 0 Å². The van der Waals surface area contributed by atoms with E-state index in [1.165, 1.54) is 18.4 Å². The van der Waals surface area contributed by atoms with Gasteiger partial charge >= 0.3 is 0 Å². The van der Waals surface area contributed by atoms with Crippen LogP contribution in [0.2, 0.25) is 0 Å². The Bertz CT molecular complexity index is 460. The molecule has 0 aromatic heterocycles. The van der Waals surface area contributed by atoms with Crippen LogP contribution in [0.3, 0.4) is 0 Å². The molecule has 0 unspecified atom stereocenters. The molecule has 1 aliphatic heterocycles. The van der Waals surface area contributed by atoms with Crippen LogP contribution < -0.4 is 4.74 Å². The summed E-state index contributed by atoms with van der Waals surface area (Å²) in [5.41, 5.74) is 2.32. The molecule has 1 heterocycles. The molecule has 0 radical (unpaired) electrons. The summed E-state index contributed by atoms with van der Waals surface area (Å²) in [4.78, 5) is 0. The monoisotopic (exact) mass is 278 g/mol. The van der Waals surface area contributed by atoms with Crippen molar-refractivity contribution in [2.75, 3.05) is 0 Å². The number of ether oxygens (including phenoxy) is 1. The number of benzene rings is 1. The van der Waals surface area contributed by atoms with E-state index in [1.807, 2.05) is 0 Å². The Kier molecular flexibility index (Phi) is 4.71. The number of hydrogen-bond donors (Lipinski definition) is 2. The van der Waals surface area contributed by atoms with E-state index in [2.05, 4.69) is 19.1 Å². The predicted molar refractivity (Wildman–Crippen MR) is 80.0 cm³/mol. The van der Waals surface area contributed by atoms with Crippen LogP contribution in [0.25, 0.3) is 0 Å². The van der Waals surface area contributed by atoms with Gasteiger partial charge in [0.25, 0.3) is 0 Å². The molecule has 0 spiro atoms. The zero-order chi connectivity index (χ0) is 14.8. The molecule has 20 heavy (non-hydrogen) atoms. The fourth-order valence-corrected chi connectivity index (χ4v) is 2.78. The lowest BCUT2D eigenvalue weighted by molar-refractivity contribution is -0.0235. The summed E-state index contributed by atoms with van der Waals surface area (Å²) < 4.78 is 5.93. The maximum atomic E-state index is 10.1. The highest BCUT2D eigenvalue weighted by Gasteiger charge is 2.36. The summed E-state index contributed by atoms with van der Waals surface area (Å²) in [5.74, 6) is 0.800. The first-order valence-electron chi connectivity index (χ1n) is 7.61. The highest BCUT2D eigenvalue weighted by Crippen LogP contribution is 2.38. The van der Waals surface area contributed by atoms with Crippen LogP contribution in [0.1, 0.15) is 56.7 Å². The Balaban J connectivity index is 2.22. The summed E-state index contributed by atoms with van der Waals surface area (Å²) in [6, 6.07) is 4.19. The van der Waals surface area contributed by atoms with E-state index in [1.54, 1.807) is 13.8 Å². The zero-order valence-corrected chi connectivity index (χ0v) is 12.8. The van der Waals surface area contributed by atoms with Crippen molar-refractivity contribution in [2.24, 2.45) is 0 Å². The Hall–Kier alpha value is -1.06. The van der Waals surface area contributed by atoms with Gasteiger partial charge in [-0.1, -0.05) is 31.9 Å². The number of fused-ring (bicyclic) bond motifs is 1. The van der Waals surface area contributed by atoms with Crippen molar-refractivity contribution in [3.05, 3.63) is 28.8 Å². The third-order valence-electron chi connectivity index (χ3n) is 4.10. The first kappa shape index (κ1) is 15.3. The van der Waals surface area contributed by atoms with E-state index in [0.29, 0.717) is 6.42 Å². The molecule has 1 aromatic carbocycles. The quantitative estimate of drug-likeness (QED) is 0.787. The van der Waals surface area contributed by atoms with Crippen molar-refractivity contribution < 1.29 is 14.9 Å². The van der Waals surface area contributed by atoms with Crippen molar-refractivity contribution in [1.29, 1.82) is 0 Å². The van der Waals surface area contributed by atoms with Gasteiger partial charge in [-0.15, -0.1) is 0 Å². The molecule has 1 aliphatic rings. The lowest BCUT2D eigenvalue weighted by Crippen LogP contribution is -2.39. The van der Waals surface area contributed by atoms with E-state index in [9.17, 15) is 10.2 Å². The number of rotatable bonds is 6. The minimum Gasteiger partial charge on any atom is -0.486 e. The molecule has 1 aromatic rings. The van der Waals surface area contributed by atoms with Crippen molar-refractivity contribution in [3.63, 3.8) is 0 Å². The summed E-state index contributed by atoms with van der Waals surface area (Å²) >= 11 is 0. The molecule has 112 valence electrons. The van der Waals surface area contributed by atoms with E-state index < -0.39 is 5.60 Å². The largest absolute Gasteiger partial charge is 0.486 e. The molecular weight excluding hydrogens is 252 g/mol. The molecule has 0 fully saturated rings. The Morgan fingerprint density at radius 1 is 1.30 bits per heavy atom. The molecule has 0 saturated carbocycles. The molecular formula is C17H26O3. The van der Waals surface area contributed by atoms with E-state index in [4.69, 9.17) is 4.74 Å². The van der Waals surface area contributed by atoms with Gasteiger partial charge in [0.1, 0.15) is 11.9 Å². The van der Waals surface area contributed by atoms with E-state index >= 15 is 0 Å². The minimum atomic E-state index is -0.867. The maximum Gasteiger partial charge on any atom is 0.131 e. The molecule has 0 saturated heterocycles. The summed E-state index contributed by atoms with van der Waals surface area (Å²) in [6.45, 7) is 5.73. The van der Waals surface area contributed by atoms with Gasteiger partial charge in [0.15, 0.2) is 0 Å². The van der Waals surface area contributed by atoms with Gasteiger partial charge in [0, 0.05) is 12.0 Å². The number of hydrogen-bond acceptors (Lipinski definition) is 3. The standard InChI is InChI=1S/C17H26O3/c1-4-5-6-7-12-8-9-13-10-15(17(2,3)19)20-16(13)14(12)11-18/h8-9,15,18-19H,4-7,10-11H2,1-3H3/t15-/m1/s1. The number of aliphatic hydroxyl groups excluding tert-OH is 1. The second-order valence-corrected chi connectivity index (χ2v) is 6.27. The van der Waals surface area contributed by atoms with Crippen molar-refractivity contribution >= 4 is 0 Å². The molecule has 3 nitrogen and oxygen atoms in total. The lowest BCUT2D eigenvalue weighted by atomic mass is 9.94. The van der Waals surface area contributed by atoms with Crippen LogP contribution in [-0.2, 0) is 19.4 Å². The topological polar surface area (TPSA) is 49.7 Å². The Morgan fingerprint density at radius 3 is 2.65 bits per heavy atom. The van der Waals surface area contributed by atoms with E-state index in [-0.39, 0.29) is 12.7 Å². The normalized spacial score (nSPS) is 17.9. The van der Waals surface area contributed by atoms with Gasteiger partial charge in [0.05, 0.1) is 12.2 Å². The molecule has 2 rings (SSSR count). The van der Waals surface area contributed by atoms with Crippen LogP contribution >= 0.6 is 0 Å². The summed E-state index contributed by atoms with van der Waals surface area (Å²) in [6.07, 6.45) is 4.99. The first-order chi connectivity index (χ1) is 9.47. The van der Waals surface area contributed by atoms with Crippen molar-refractivity contribution in [2.45, 2.75) is 71.2 Å². The van der Waals surface area contributed by atoms with Crippen molar-refractivity contribution in [3.8, 4) is 5.75 Å². The van der Waals surface area contributed by atoms with Crippen LogP contribution in [-0.4, -0.2) is 21.9 Å². The van der Waals surface area contributed by atoms with Gasteiger partial charge in [-0.25, -0.2) is 0 Å². The second kappa shape index (κ2) is 6.15. The van der Waals surface area contributed by atoms with Crippen molar-refractivity contribution in [1.82, 2.24) is 0 Å². The SMILES string of the molecule is CCCCCc1ccc2c(c1CO)O[C@@H](C(C)(C)O)C2. The fourth-order valence-electron chi connectivity index (χ4n) is 2.78. The minimum absolute atomic E-state index is 0.00318. The number of aryl methyl sites for hydroxylation is 1. The van der Waals surface area contributed by atoms with Crippen LogP contribution in [0, 0.1) is 0 Å². The third-order valence-corrected chi connectivity index (χ3v) is 4.10. The third kappa shape index (κ3) is 3.15. The first-order valence-corrected chi connectivity index (χ1v) is 7.61. The smallest absolute Gasteiger partial charge is 0.131 e. The van der Waals surface area contributed by atoms with Gasteiger partial charge in [-0.2, -0.15) is 0 Å². The van der Waals surface area contributed by atoms with Gasteiger partial charge in [-0.05, 0) is 37.8 Å². The van der Waals surface area contributed by atoms with Gasteiger partial charge in [-0.3, -0.25) is 0 Å². The molecule has 3 heteroatoms. The number of aliphatic hydroxyl groups is 2. The lowest BCUT2D eigenvalue weighted by Gasteiger charge is -2.25. The molecule has 0 aliphatic carbocycles. The molecule has 0 amide bonds. The molecule has 2 N–H and O–H groups in total.